The van der Waals surface area contributed by atoms with Gasteiger partial charge in [-0.25, -0.2) is 4.79 Å². The molecule has 7 nitrogen and oxygen atoms in total. The molecule has 0 bridgehead atoms. The molecule has 0 aromatic heterocycles. The molecule has 8 heteroatoms. The third kappa shape index (κ3) is 5.43. The van der Waals surface area contributed by atoms with Crippen molar-refractivity contribution in [3.63, 3.8) is 0 Å². The number of carbonyl (C=O) groups is 1. The lowest BCUT2D eigenvalue weighted by atomic mass is 10.0. The monoisotopic (exact) mass is 396 g/mol. The molecule has 1 aliphatic rings. The lowest BCUT2D eigenvalue weighted by Gasteiger charge is -2.36. The van der Waals surface area contributed by atoms with Crippen LogP contribution in [0.15, 0.2) is 30.3 Å². The normalized spacial score (nSPS) is 17.1. The number of nitrogens with zero attached hydrogens (tertiary/aromatic N) is 3. The highest BCUT2D eigenvalue weighted by atomic mass is 32.2. The van der Waals surface area contributed by atoms with Gasteiger partial charge < -0.3 is 10.2 Å². The zero-order valence-corrected chi connectivity index (χ0v) is 17.4. The summed E-state index contributed by atoms with van der Waals surface area (Å²) < 4.78 is 28.1. The fraction of sp³-hybridized carbons (Fsp3) is 0.632. The summed E-state index contributed by atoms with van der Waals surface area (Å²) in [5.74, 6) is 0. The van der Waals surface area contributed by atoms with E-state index >= 15 is 0 Å². The van der Waals surface area contributed by atoms with Gasteiger partial charge in [0.1, 0.15) is 0 Å². The predicted molar refractivity (Wildman–Crippen MR) is 108 cm³/mol. The van der Waals surface area contributed by atoms with Crippen molar-refractivity contribution in [3.05, 3.63) is 35.9 Å². The summed E-state index contributed by atoms with van der Waals surface area (Å²) in [6, 6.07) is 9.80. The van der Waals surface area contributed by atoms with Crippen molar-refractivity contribution >= 4 is 16.2 Å². The summed E-state index contributed by atoms with van der Waals surface area (Å²) in [6.45, 7) is 8.14. The predicted octanol–water partition coefficient (Wildman–Crippen LogP) is 2.44. The minimum Gasteiger partial charge on any atom is -0.331 e. The fourth-order valence-corrected chi connectivity index (χ4v) is 4.98. The number of rotatable bonds is 8. The van der Waals surface area contributed by atoms with Gasteiger partial charge in [0.05, 0.1) is 6.04 Å². The topological polar surface area (TPSA) is 73.0 Å². The molecule has 1 aromatic carbocycles. The lowest BCUT2D eigenvalue weighted by molar-refractivity contribution is 0.165. The van der Waals surface area contributed by atoms with E-state index in [-0.39, 0.29) is 12.1 Å². The quantitative estimate of drug-likeness (QED) is 0.733. The number of benzene rings is 1. The Morgan fingerprint density at radius 1 is 1.07 bits per heavy atom. The van der Waals surface area contributed by atoms with Crippen molar-refractivity contribution in [2.45, 2.75) is 39.7 Å². The minimum atomic E-state index is -3.44. The van der Waals surface area contributed by atoms with Gasteiger partial charge in [0.15, 0.2) is 0 Å². The Morgan fingerprint density at radius 2 is 1.67 bits per heavy atom. The molecule has 1 N–H and O–H groups in total. The molecule has 0 aliphatic carbocycles. The molecule has 27 heavy (non-hydrogen) atoms. The number of urea groups is 1. The van der Waals surface area contributed by atoms with Crippen molar-refractivity contribution in [3.8, 4) is 0 Å². The molecular weight excluding hydrogens is 364 g/mol. The fourth-order valence-electron chi connectivity index (χ4n) is 3.37. The van der Waals surface area contributed by atoms with Gasteiger partial charge in [-0.3, -0.25) is 0 Å². The first-order chi connectivity index (χ1) is 12.9. The molecule has 1 aliphatic heterocycles. The van der Waals surface area contributed by atoms with E-state index in [0.717, 1.165) is 18.4 Å². The van der Waals surface area contributed by atoms with Crippen molar-refractivity contribution in [2.24, 2.45) is 0 Å². The van der Waals surface area contributed by atoms with Crippen LogP contribution >= 0.6 is 0 Å². The molecule has 2 amide bonds. The molecule has 1 unspecified atom stereocenters. The van der Waals surface area contributed by atoms with Crippen LogP contribution in [0.2, 0.25) is 0 Å². The van der Waals surface area contributed by atoms with Crippen molar-refractivity contribution < 1.29 is 13.2 Å². The molecule has 1 saturated heterocycles. The summed E-state index contributed by atoms with van der Waals surface area (Å²) >= 11 is 0. The summed E-state index contributed by atoms with van der Waals surface area (Å²) in [6.07, 6.45) is 1.84. The second-order valence-corrected chi connectivity index (χ2v) is 8.61. The Kier molecular flexibility index (Phi) is 8.07. The van der Waals surface area contributed by atoms with Crippen LogP contribution < -0.4 is 5.32 Å². The molecule has 0 saturated carbocycles. The molecule has 1 atom stereocenters. The zero-order chi connectivity index (χ0) is 19.9. The molecule has 1 aromatic rings. The maximum absolute atomic E-state index is 12.7. The SMILES string of the molecule is CCCC(NC(=O)N1CCN(S(=O)(=O)N(CC)CC)CC1)c1ccccc1. The smallest absolute Gasteiger partial charge is 0.317 e. The highest BCUT2D eigenvalue weighted by molar-refractivity contribution is 7.86. The van der Waals surface area contributed by atoms with Crippen LogP contribution in [0.1, 0.15) is 45.2 Å². The highest BCUT2D eigenvalue weighted by Gasteiger charge is 2.32. The van der Waals surface area contributed by atoms with Gasteiger partial charge in [-0.05, 0) is 12.0 Å². The van der Waals surface area contributed by atoms with Crippen LogP contribution in [0.4, 0.5) is 4.79 Å². The number of amides is 2. The zero-order valence-electron chi connectivity index (χ0n) is 16.6. The molecule has 2 rings (SSSR count). The van der Waals surface area contributed by atoms with E-state index in [2.05, 4.69) is 12.2 Å². The van der Waals surface area contributed by atoms with Crippen molar-refractivity contribution in [2.75, 3.05) is 39.3 Å². The van der Waals surface area contributed by atoms with E-state index in [1.54, 1.807) is 4.90 Å². The first-order valence-corrected chi connectivity index (χ1v) is 11.2. The Bertz CT molecular complexity index is 684. The van der Waals surface area contributed by atoms with Gasteiger partial charge in [-0.15, -0.1) is 0 Å². The van der Waals surface area contributed by atoms with Gasteiger partial charge in [0.2, 0.25) is 0 Å². The molecule has 0 radical (unpaired) electrons. The van der Waals surface area contributed by atoms with Crippen LogP contribution in [0.25, 0.3) is 0 Å². The second-order valence-electron chi connectivity index (χ2n) is 6.68. The summed E-state index contributed by atoms with van der Waals surface area (Å²) in [7, 11) is -3.44. The van der Waals surface area contributed by atoms with Crippen LogP contribution in [0.3, 0.4) is 0 Å². The maximum Gasteiger partial charge on any atom is 0.317 e. The highest BCUT2D eigenvalue weighted by Crippen LogP contribution is 2.19. The Morgan fingerprint density at radius 3 is 2.19 bits per heavy atom. The van der Waals surface area contributed by atoms with E-state index in [1.165, 1.54) is 8.61 Å². The van der Waals surface area contributed by atoms with Gasteiger partial charge in [-0.1, -0.05) is 57.5 Å². The number of nitrogens with one attached hydrogen (secondary N) is 1. The van der Waals surface area contributed by atoms with Crippen molar-refractivity contribution in [1.29, 1.82) is 0 Å². The average Bonchev–Trinajstić information content (AvgIpc) is 2.69. The van der Waals surface area contributed by atoms with E-state index < -0.39 is 10.2 Å². The maximum atomic E-state index is 12.7. The third-order valence-corrected chi connectivity index (χ3v) is 7.15. The van der Waals surface area contributed by atoms with Crippen LogP contribution in [0, 0.1) is 0 Å². The molecule has 1 heterocycles. The van der Waals surface area contributed by atoms with Gasteiger partial charge in [0.25, 0.3) is 10.2 Å². The van der Waals surface area contributed by atoms with E-state index in [4.69, 9.17) is 0 Å². The van der Waals surface area contributed by atoms with Crippen molar-refractivity contribution in [1.82, 2.24) is 18.8 Å². The van der Waals surface area contributed by atoms with Gasteiger partial charge >= 0.3 is 6.03 Å². The summed E-state index contributed by atoms with van der Waals surface area (Å²) in [5.41, 5.74) is 1.09. The Hall–Kier alpha value is -1.64. The molecule has 1 fully saturated rings. The number of hydrogen-bond acceptors (Lipinski definition) is 3. The Balaban J connectivity index is 1.96. The van der Waals surface area contributed by atoms with Crippen LogP contribution in [0.5, 0.6) is 0 Å². The first-order valence-electron chi connectivity index (χ1n) is 9.79. The standard InChI is InChI=1S/C19H32N4O3S/c1-4-10-18(17-11-8-7-9-12-17)20-19(24)21-13-15-23(16-14-21)27(25,26)22(5-2)6-3/h7-9,11-12,18H,4-6,10,13-16H2,1-3H3,(H,20,24). The van der Waals surface area contributed by atoms with Crippen LogP contribution in [-0.2, 0) is 10.2 Å². The number of piperazine rings is 1. The van der Waals surface area contributed by atoms with Gasteiger partial charge in [-0.2, -0.15) is 17.0 Å². The minimum absolute atomic E-state index is 0.0267. The van der Waals surface area contributed by atoms with E-state index in [1.807, 2.05) is 44.2 Å². The molecular formula is C19H32N4O3S. The van der Waals surface area contributed by atoms with E-state index in [0.29, 0.717) is 39.3 Å². The second kappa shape index (κ2) is 10.1. The summed E-state index contributed by atoms with van der Waals surface area (Å²) in [5, 5.41) is 3.11. The number of carbonyl (C=O) groups excluding carboxylic acids is 1. The lowest BCUT2D eigenvalue weighted by Crippen LogP contribution is -2.56. The largest absolute Gasteiger partial charge is 0.331 e. The first kappa shape index (κ1) is 21.7. The number of hydrogen-bond donors (Lipinski definition) is 1. The average molecular weight is 397 g/mol. The molecule has 152 valence electrons. The Labute approximate surface area is 163 Å². The third-order valence-electron chi connectivity index (χ3n) is 4.96. The molecule has 0 spiro atoms. The van der Waals surface area contributed by atoms with Crippen LogP contribution in [-0.4, -0.2) is 67.2 Å². The van der Waals surface area contributed by atoms with Gasteiger partial charge in [0, 0.05) is 39.3 Å². The summed E-state index contributed by atoms with van der Waals surface area (Å²) in [4.78, 5) is 14.4. The van der Waals surface area contributed by atoms with E-state index in [9.17, 15) is 13.2 Å².